The highest BCUT2D eigenvalue weighted by atomic mass is 19.2. The summed E-state index contributed by atoms with van der Waals surface area (Å²) < 4.78 is 39.4. The number of anilines is 1. The normalized spacial score (nSPS) is 16.5. The highest BCUT2D eigenvalue weighted by Gasteiger charge is 2.23. The van der Waals surface area contributed by atoms with E-state index in [1.807, 2.05) is 4.90 Å². The van der Waals surface area contributed by atoms with Gasteiger partial charge in [-0.25, -0.2) is 13.2 Å². The highest BCUT2D eigenvalue weighted by Crippen LogP contribution is 2.19. The lowest BCUT2D eigenvalue weighted by molar-refractivity contribution is -0.128. The second-order valence-electron chi connectivity index (χ2n) is 5.45. The molecule has 1 aliphatic rings. The average Bonchev–Trinajstić information content (AvgIpc) is 2.60. The number of carbonyl (C=O) groups excluding carboxylic acids is 2. The van der Waals surface area contributed by atoms with Crippen molar-refractivity contribution in [3.05, 3.63) is 29.6 Å². The molecule has 1 atom stereocenters. The molecule has 1 saturated heterocycles. The summed E-state index contributed by atoms with van der Waals surface area (Å²) in [6.45, 7) is 4.35. The van der Waals surface area contributed by atoms with Crippen LogP contribution in [-0.4, -0.2) is 55.5 Å². The Bertz CT molecular complexity index is 621. The zero-order chi connectivity index (χ0) is 17.7. The number of amides is 2. The maximum absolute atomic E-state index is 13.5. The van der Waals surface area contributed by atoms with E-state index >= 15 is 0 Å². The monoisotopic (exact) mass is 344 g/mol. The van der Waals surface area contributed by atoms with Crippen LogP contribution in [0.1, 0.15) is 6.92 Å². The summed E-state index contributed by atoms with van der Waals surface area (Å²) in [5.74, 6) is -5.56. The van der Waals surface area contributed by atoms with Gasteiger partial charge in [0.2, 0.25) is 11.8 Å². The van der Waals surface area contributed by atoms with Crippen LogP contribution < -0.4 is 16.0 Å². The Kier molecular flexibility index (Phi) is 6.16. The molecule has 132 valence electrons. The molecule has 0 aromatic heterocycles. The first-order chi connectivity index (χ1) is 11.4. The van der Waals surface area contributed by atoms with Crippen molar-refractivity contribution in [2.75, 3.05) is 38.0 Å². The maximum atomic E-state index is 13.5. The van der Waals surface area contributed by atoms with Crippen LogP contribution in [0.25, 0.3) is 0 Å². The summed E-state index contributed by atoms with van der Waals surface area (Å²) in [7, 11) is 0. The molecule has 1 fully saturated rings. The summed E-state index contributed by atoms with van der Waals surface area (Å²) in [4.78, 5) is 25.7. The fourth-order valence-electron chi connectivity index (χ4n) is 2.37. The zero-order valence-electron chi connectivity index (χ0n) is 13.2. The van der Waals surface area contributed by atoms with Gasteiger partial charge in [0.1, 0.15) is 0 Å². The zero-order valence-corrected chi connectivity index (χ0v) is 13.2. The molecule has 0 saturated carbocycles. The van der Waals surface area contributed by atoms with Gasteiger partial charge < -0.3 is 16.0 Å². The number of halogens is 3. The van der Waals surface area contributed by atoms with Gasteiger partial charge in [0.25, 0.3) is 0 Å². The average molecular weight is 344 g/mol. The van der Waals surface area contributed by atoms with Gasteiger partial charge in [-0.3, -0.25) is 14.5 Å². The Morgan fingerprint density at radius 1 is 1.21 bits per heavy atom. The predicted octanol–water partition coefficient (Wildman–Crippen LogP) is 0.452. The van der Waals surface area contributed by atoms with Crippen LogP contribution in [0.15, 0.2) is 12.1 Å². The quantitative estimate of drug-likeness (QED) is 0.679. The van der Waals surface area contributed by atoms with E-state index in [9.17, 15) is 22.8 Å². The van der Waals surface area contributed by atoms with Crippen molar-refractivity contribution in [3.8, 4) is 0 Å². The predicted molar refractivity (Wildman–Crippen MR) is 81.9 cm³/mol. The summed E-state index contributed by atoms with van der Waals surface area (Å²) in [6, 6.07) is 1.22. The van der Waals surface area contributed by atoms with E-state index in [2.05, 4.69) is 16.0 Å². The van der Waals surface area contributed by atoms with Gasteiger partial charge in [-0.2, -0.15) is 0 Å². The minimum atomic E-state index is -1.66. The molecule has 0 radical (unpaired) electrons. The molecule has 0 aliphatic carbocycles. The first-order valence-electron chi connectivity index (χ1n) is 7.56. The lowest BCUT2D eigenvalue weighted by Gasteiger charge is -2.31. The minimum Gasteiger partial charge on any atom is -0.346 e. The van der Waals surface area contributed by atoms with Crippen molar-refractivity contribution < 1.29 is 22.8 Å². The molecule has 2 rings (SSSR count). The SMILES string of the molecule is CC(C(=O)NCC(=O)Nc1ccc(F)c(F)c1F)N1CCNCC1. The van der Waals surface area contributed by atoms with E-state index in [0.717, 1.165) is 32.2 Å². The third-order valence-corrected chi connectivity index (χ3v) is 3.81. The van der Waals surface area contributed by atoms with Crippen LogP contribution in [0.5, 0.6) is 0 Å². The van der Waals surface area contributed by atoms with Crippen molar-refractivity contribution in [2.45, 2.75) is 13.0 Å². The number of hydrogen-bond acceptors (Lipinski definition) is 4. The van der Waals surface area contributed by atoms with E-state index < -0.39 is 41.6 Å². The Morgan fingerprint density at radius 3 is 2.54 bits per heavy atom. The standard InChI is InChI=1S/C15H19F3N4O2/c1-9(22-6-4-19-5-7-22)15(24)20-8-12(23)21-11-3-2-10(16)13(17)14(11)18/h2-3,9,19H,4-8H2,1H3,(H,20,24)(H,21,23). The Morgan fingerprint density at radius 2 is 1.88 bits per heavy atom. The molecule has 1 aliphatic heterocycles. The number of carbonyl (C=O) groups is 2. The molecule has 24 heavy (non-hydrogen) atoms. The molecule has 9 heteroatoms. The molecule has 6 nitrogen and oxygen atoms in total. The summed E-state index contributed by atoms with van der Waals surface area (Å²) >= 11 is 0. The summed E-state index contributed by atoms with van der Waals surface area (Å²) in [6.07, 6.45) is 0. The minimum absolute atomic E-state index is 0.335. The van der Waals surface area contributed by atoms with Crippen molar-refractivity contribution in [3.63, 3.8) is 0 Å². The van der Waals surface area contributed by atoms with Gasteiger partial charge in [-0.05, 0) is 19.1 Å². The van der Waals surface area contributed by atoms with Crippen molar-refractivity contribution in [1.29, 1.82) is 0 Å². The number of nitrogens with one attached hydrogen (secondary N) is 3. The van der Waals surface area contributed by atoms with Crippen molar-refractivity contribution in [2.24, 2.45) is 0 Å². The maximum Gasteiger partial charge on any atom is 0.243 e. The van der Waals surface area contributed by atoms with E-state index in [-0.39, 0.29) is 5.91 Å². The van der Waals surface area contributed by atoms with E-state index in [1.165, 1.54) is 0 Å². The van der Waals surface area contributed by atoms with Crippen LogP contribution in [0.3, 0.4) is 0 Å². The Balaban J connectivity index is 1.84. The molecule has 0 bridgehead atoms. The lowest BCUT2D eigenvalue weighted by Crippen LogP contribution is -2.53. The van der Waals surface area contributed by atoms with Crippen LogP contribution in [0.4, 0.5) is 18.9 Å². The van der Waals surface area contributed by atoms with Gasteiger partial charge in [-0.1, -0.05) is 0 Å². The van der Waals surface area contributed by atoms with E-state index in [1.54, 1.807) is 6.92 Å². The van der Waals surface area contributed by atoms with Crippen molar-refractivity contribution in [1.82, 2.24) is 15.5 Å². The summed E-state index contributed by atoms with van der Waals surface area (Å²) in [5, 5.41) is 7.70. The molecular formula is C15H19F3N4O2. The van der Waals surface area contributed by atoms with Crippen LogP contribution in [-0.2, 0) is 9.59 Å². The fraction of sp³-hybridized carbons (Fsp3) is 0.467. The Labute approximate surface area is 137 Å². The van der Waals surface area contributed by atoms with Gasteiger partial charge in [-0.15, -0.1) is 0 Å². The second-order valence-corrected chi connectivity index (χ2v) is 5.45. The molecule has 2 amide bonds. The van der Waals surface area contributed by atoms with Gasteiger partial charge in [0.15, 0.2) is 17.5 Å². The molecule has 1 unspecified atom stereocenters. The number of benzene rings is 1. The molecule has 1 aromatic carbocycles. The number of hydrogen-bond donors (Lipinski definition) is 3. The third-order valence-electron chi connectivity index (χ3n) is 3.81. The second kappa shape index (κ2) is 8.11. The fourth-order valence-corrected chi connectivity index (χ4v) is 2.37. The first-order valence-corrected chi connectivity index (χ1v) is 7.56. The smallest absolute Gasteiger partial charge is 0.243 e. The van der Waals surface area contributed by atoms with Crippen LogP contribution in [0.2, 0.25) is 0 Å². The molecule has 3 N–H and O–H groups in total. The Hall–Kier alpha value is -2.13. The highest BCUT2D eigenvalue weighted by molar-refractivity contribution is 5.95. The van der Waals surface area contributed by atoms with Gasteiger partial charge in [0.05, 0.1) is 18.3 Å². The number of piperazine rings is 1. The molecule has 1 aromatic rings. The number of nitrogens with zero attached hydrogens (tertiary/aromatic N) is 1. The van der Waals surface area contributed by atoms with E-state index in [0.29, 0.717) is 6.07 Å². The first kappa shape index (κ1) is 18.2. The lowest BCUT2D eigenvalue weighted by atomic mass is 10.2. The topological polar surface area (TPSA) is 73.5 Å². The number of rotatable bonds is 5. The largest absolute Gasteiger partial charge is 0.346 e. The van der Waals surface area contributed by atoms with Gasteiger partial charge >= 0.3 is 0 Å². The van der Waals surface area contributed by atoms with Gasteiger partial charge in [0, 0.05) is 26.2 Å². The van der Waals surface area contributed by atoms with Crippen molar-refractivity contribution >= 4 is 17.5 Å². The summed E-state index contributed by atoms with van der Waals surface area (Å²) in [5.41, 5.74) is -0.483. The molecular weight excluding hydrogens is 325 g/mol. The van der Waals surface area contributed by atoms with Crippen LogP contribution >= 0.6 is 0 Å². The molecule has 0 spiro atoms. The van der Waals surface area contributed by atoms with E-state index in [4.69, 9.17) is 0 Å². The van der Waals surface area contributed by atoms with Crippen LogP contribution in [0, 0.1) is 17.5 Å². The third kappa shape index (κ3) is 4.45. The molecule has 1 heterocycles.